The minimum Gasteiger partial charge on any atom is -0.493 e. The lowest BCUT2D eigenvalue weighted by atomic mass is 10.2. The van der Waals surface area contributed by atoms with E-state index in [-0.39, 0.29) is 35.7 Å². The third-order valence-electron chi connectivity index (χ3n) is 3.49. The zero-order chi connectivity index (χ0) is 19.8. The molecule has 0 saturated heterocycles. The summed E-state index contributed by atoms with van der Waals surface area (Å²) in [5, 5.41) is 14.4. The molecular weight excluding hydrogens is 363 g/mol. The Labute approximate surface area is 153 Å². The monoisotopic (exact) mass is 379 g/mol. The van der Waals surface area contributed by atoms with Crippen LogP contribution in [-0.4, -0.2) is 32.7 Å². The predicted molar refractivity (Wildman–Crippen MR) is 91.6 cm³/mol. The number of benzene rings is 2. The quantitative estimate of drug-likeness (QED) is 0.689. The van der Waals surface area contributed by atoms with Crippen LogP contribution in [0.5, 0.6) is 11.5 Å². The molecule has 0 atom stereocenters. The molecule has 27 heavy (non-hydrogen) atoms. The molecule has 0 aromatic heterocycles. The Morgan fingerprint density at radius 3 is 2.67 bits per heavy atom. The van der Waals surface area contributed by atoms with Gasteiger partial charge in [0.25, 0.3) is 5.91 Å². The number of anilines is 1. The van der Waals surface area contributed by atoms with Gasteiger partial charge in [-0.25, -0.2) is 4.39 Å². The van der Waals surface area contributed by atoms with Crippen LogP contribution in [0.15, 0.2) is 36.4 Å². The first kappa shape index (κ1) is 19.9. The molecule has 0 fully saturated rings. The molecule has 2 aromatic rings. The topological polar surface area (TPSA) is 83.4 Å². The van der Waals surface area contributed by atoms with Crippen molar-refractivity contribution in [3.8, 4) is 17.6 Å². The fourth-order valence-electron chi connectivity index (χ4n) is 2.26. The van der Waals surface area contributed by atoms with E-state index in [4.69, 9.17) is 10.00 Å². The summed E-state index contributed by atoms with van der Waals surface area (Å²) in [5.41, 5.74) is 0.405. The van der Waals surface area contributed by atoms with Gasteiger partial charge in [0.1, 0.15) is 17.4 Å². The number of alkyl halides is 2. The van der Waals surface area contributed by atoms with E-state index in [9.17, 15) is 18.0 Å². The third-order valence-corrected chi connectivity index (χ3v) is 3.49. The van der Waals surface area contributed by atoms with Crippen molar-refractivity contribution in [2.75, 3.05) is 25.5 Å². The highest BCUT2D eigenvalue weighted by Crippen LogP contribution is 2.29. The van der Waals surface area contributed by atoms with Gasteiger partial charge in [-0.3, -0.25) is 4.79 Å². The molecule has 2 aromatic carbocycles. The zero-order valence-corrected chi connectivity index (χ0v) is 14.3. The SMILES string of the molecule is COc1cc(C(=O)NCCNc2cccc(F)c2C#N)ccc1OC(F)F. The molecule has 0 heterocycles. The molecule has 2 N–H and O–H groups in total. The summed E-state index contributed by atoms with van der Waals surface area (Å²) in [7, 11) is 1.27. The maximum absolute atomic E-state index is 13.5. The summed E-state index contributed by atoms with van der Waals surface area (Å²) >= 11 is 0. The average molecular weight is 379 g/mol. The molecule has 9 heteroatoms. The number of nitrogens with zero attached hydrogens (tertiary/aromatic N) is 1. The second-order valence-corrected chi connectivity index (χ2v) is 5.20. The predicted octanol–water partition coefficient (Wildman–Crippen LogP) is 3.15. The van der Waals surface area contributed by atoms with Crippen LogP contribution in [0.3, 0.4) is 0 Å². The minimum atomic E-state index is -3.01. The molecule has 1 amide bonds. The Hall–Kier alpha value is -3.41. The van der Waals surface area contributed by atoms with Crippen molar-refractivity contribution < 1.29 is 27.4 Å². The van der Waals surface area contributed by atoms with Gasteiger partial charge in [-0.05, 0) is 30.3 Å². The first-order valence-corrected chi connectivity index (χ1v) is 7.79. The number of nitrogens with one attached hydrogen (secondary N) is 2. The number of carbonyl (C=O) groups excluding carboxylic acids is 1. The number of carbonyl (C=O) groups is 1. The lowest BCUT2D eigenvalue weighted by Gasteiger charge is -2.12. The summed E-state index contributed by atoms with van der Waals surface area (Å²) < 4.78 is 47.4. The first-order chi connectivity index (χ1) is 13.0. The van der Waals surface area contributed by atoms with E-state index < -0.39 is 18.3 Å². The van der Waals surface area contributed by atoms with E-state index in [0.29, 0.717) is 5.69 Å². The van der Waals surface area contributed by atoms with E-state index in [0.717, 1.165) is 0 Å². The molecule has 0 aliphatic rings. The van der Waals surface area contributed by atoms with Crippen LogP contribution in [-0.2, 0) is 0 Å². The van der Waals surface area contributed by atoms with Crippen LogP contribution >= 0.6 is 0 Å². The lowest BCUT2D eigenvalue weighted by Crippen LogP contribution is -2.29. The number of hydrogen-bond donors (Lipinski definition) is 2. The molecule has 0 bridgehead atoms. The maximum Gasteiger partial charge on any atom is 0.387 e. The van der Waals surface area contributed by atoms with Crippen molar-refractivity contribution in [1.82, 2.24) is 5.32 Å². The zero-order valence-electron chi connectivity index (χ0n) is 14.3. The second kappa shape index (κ2) is 9.33. The highest BCUT2D eigenvalue weighted by atomic mass is 19.3. The van der Waals surface area contributed by atoms with Gasteiger partial charge in [0.2, 0.25) is 0 Å². The maximum atomic E-state index is 13.5. The number of rotatable bonds is 8. The summed E-state index contributed by atoms with van der Waals surface area (Å²) in [6.45, 7) is -2.59. The van der Waals surface area contributed by atoms with E-state index >= 15 is 0 Å². The first-order valence-electron chi connectivity index (χ1n) is 7.79. The van der Waals surface area contributed by atoms with Gasteiger partial charge in [0, 0.05) is 18.7 Å². The minimum absolute atomic E-state index is 0.000465. The number of hydrogen-bond acceptors (Lipinski definition) is 5. The van der Waals surface area contributed by atoms with Gasteiger partial charge in [-0.15, -0.1) is 0 Å². The third kappa shape index (κ3) is 5.28. The highest BCUT2D eigenvalue weighted by Gasteiger charge is 2.14. The Morgan fingerprint density at radius 2 is 2.00 bits per heavy atom. The summed E-state index contributed by atoms with van der Waals surface area (Å²) in [5.74, 6) is -1.27. The van der Waals surface area contributed by atoms with Crippen molar-refractivity contribution in [2.45, 2.75) is 6.61 Å². The Balaban J connectivity index is 1.93. The largest absolute Gasteiger partial charge is 0.493 e. The fraction of sp³-hybridized carbons (Fsp3) is 0.222. The molecule has 0 saturated carbocycles. The number of ether oxygens (including phenoxy) is 2. The van der Waals surface area contributed by atoms with Crippen LogP contribution in [0.1, 0.15) is 15.9 Å². The van der Waals surface area contributed by atoms with Crippen molar-refractivity contribution >= 4 is 11.6 Å². The molecule has 0 radical (unpaired) electrons. The van der Waals surface area contributed by atoms with Crippen molar-refractivity contribution in [2.24, 2.45) is 0 Å². The lowest BCUT2D eigenvalue weighted by molar-refractivity contribution is -0.0512. The van der Waals surface area contributed by atoms with Crippen LogP contribution in [0.25, 0.3) is 0 Å². The fourth-order valence-corrected chi connectivity index (χ4v) is 2.26. The Kier molecular flexibility index (Phi) is 6.88. The van der Waals surface area contributed by atoms with E-state index in [1.54, 1.807) is 12.1 Å². The van der Waals surface area contributed by atoms with Crippen LogP contribution in [0, 0.1) is 17.1 Å². The van der Waals surface area contributed by atoms with E-state index in [1.165, 1.54) is 37.4 Å². The number of methoxy groups -OCH3 is 1. The number of halogens is 3. The molecule has 2 rings (SSSR count). The van der Waals surface area contributed by atoms with E-state index in [1.807, 2.05) is 0 Å². The van der Waals surface area contributed by atoms with Gasteiger partial charge in [0.15, 0.2) is 11.5 Å². The van der Waals surface area contributed by atoms with Crippen molar-refractivity contribution in [3.05, 3.63) is 53.3 Å². The van der Waals surface area contributed by atoms with Crippen molar-refractivity contribution in [1.29, 1.82) is 5.26 Å². The molecule has 0 unspecified atom stereocenters. The smallest absolute Gasteiger partial charge is 0.387 e. The van der Waals surface area contributed by atoms with Crippen LogP contribution in [0.4, 0.5) is 18.9 Å². The number of amides is 1. The van der Waals surface area contributed by atoms with E-state index in [2.05, 4.69) is 15.4 Å². The van der Waals surface area contributed by atoms with Crippen molar-refractivity contribution in [3.63, 3.8) is 0 Å². The van der Waals surface area contributed by atoms with Crippen LogP contribution in [0.2, 0.25) is 0 Å². The van der Waals surface area contributed by atoms with Gasteiger partial charge < -0.3 is 20.1 Å². The Morgan fingerprint density at radius 1 is 1.22 bits per heavy atom. The molecule has 0 spiro atoms. The molecule has 0 aliphatic heterocycles. The molecule has 0 aliphatic carbocycles. The summed E-state index contributed by atoms with van der Waals surface area (Å²) in [6.07, 6.45) is 0. The number of nitriles is 1. The van der Waals surface area contributed by atoms with Gasteiger partial charge >= 0.3 is 6.61 Å². The summed E-state index contributed by atoms with van der Waals surface area (Å²) in [4.78, 5) is 12.1. The highest BCUT2D eigenvalue weighted by molar-refractivity contribution is 5.94. The van der Waals surface area contributed by atoms with Crippen LogP contribution < -0.4 is 20.1 Å². The van der Waals surface area contributed by atoms with Gasteiger partial charge in [-0.2, -0.15) is 14.0 Å². The summed E-state index contributed by atoms with van der Waals surface area (Å²) in [6, 6.07) is 9.78. The van der Waals surface area contributed by atoms with Gasteiger partial charge in [-0.1, -0.05) is 6.07 Å². The molecular formula is C18H16F3N3O3. The molecule has 6 nitrogen and oxygen atoms in total. The Bertz CT molecular complexity index is 853. The van der Waals surface area contributed by atoms with Gasteiger partial charge in [0.05, 0.1) is 12.8 Å². The second-order valence-electron chi connectivity index (χ2n) is 5.20. The average Bonchev–Trinajstić information content (AvgIpc) is 2.65. The normalized spacial score (nSPS) is 10.2. The molecule has 142 valence electrons. The standard InChI is InChI=1S/C18H16F3N3O3/c1-26-16-9-11(5-6-15(16)27-18(20)21)17(25)24-8-7-23-14-4-2-3-13(19)12(14)10-22/h2-6,9,18,23H,7-8H2,1H3,(H,24,25).